The van der Waals surface area contributed by atoms with Crippen LogP contribution in [-0.4, -0.2) is 19.3 Å². The lowest BCUT2D eigenvalue weighted by Gasteiger charge is -2.21. The zero-order chi connectivity index (χ0) is 17.0. The highest BCUT2D eigenvalue weighted by molar-refractivity contribution is 7.98. The zero-order valence-corrected chi connectivity index (χ0v) is 14.1. The Morgan fingerprint density at radius 1 is 1.35 bits per heavy atom. The van der Waals surface area contributed by atoms with Crippen LogP contribution in [0.25, 0.3) is 0 Å². The summed E-state index contributed by atoms with van der Waals surface area (Å²) < 4.78 is 44.5. The molecule has 6 heteroatoms. The maximum absolute atomic E-state index is 13.2. The SMILES string of the molecule is COC(=O)C(CC1CCCC1)c1ccc(SC)c(C(F)(F)F)c1. The topological polar surface area (TPSA) is 26.3 Å². The Balaban J connectivity index is 2.35. The number of carbonyl (C=O) groups is 1. The monoisotopic (exact) mass is 346 g/mol. The van der Waals surface area contributed by atoms with E-state index in [2.05, 4.69) is 0 Å². The van der Waals surface area contributed by atoms with E-state index in [1.54, 1.807) is 12.3 Å². The van der Waals surface area contributed by atoms with Crippen LogP contribution in [0.5, 0.6) is 0 Å². The van der Waals surface area contributed by atoms with Gasteiger partial charge in [-0.3, -0.25) is 4.79 Å². The molecule has 0 spiro atoms. The molecule has 2 rings (SSSR count). The molecule has 1 fully saturated rings. The molecule has 1 aliphatic rings. The van der Waals surface area contributed by atoms with E-state index in [4.69, 9.17) is 4.74 Å². The van der Waals surface area contributed by atoms with Gasteiger partial charge in [0.15, 0.2) is 0 Å². The average molecular weight is 346 g/mol. The molecule has 0 amide bonds. The Morgan fingerprint density at radius 2 is 2.00 bits per heavy atom. The van der Waals surface area contributed by atoms with Gasteiger partial charge in [-0.15, -0.1) is 11.8 Å². The van der Waals surface area contributed by atoms with Gasteiger partial charge in [0, 0.05) is 4.90 Å². The molecule has 1 unspecified atom stereocenters. The second-order valence-corrected chi connectivity index (χ2v) is 6.77. The van der Waals surface area contributed by atoms with E-state index in [0.29, 0.717) is 17.9 Å². The Morgan fingerprint density at radius 3 is 2.52 bits per heavy atom. The highest BCUT2D eigenvalue weighted by Crippen LogP contribution is 2.40. The maximum atomic E-state index is 13.2. The Hall–Kier alpha value is -1.17. The van der Waals surface area contributed by atoms with Gasteiger partial charge in [-0.25, -0.2) is 0 Å². The van der Waals surface area contributed by atoms with Crippen LogP contribution in [0.15, 0.2) is 23.1 Å². The Bertz CT molecular complexity index is 551. The minimum atomic E-state index is -4.43. The predicted molar refractivity (Wildman–Crippen MR) is 84.6 cm³/mol. The van der Waals surface area contributed by atoms with Crippen molar-refractivity contribution >= 4 is 17.7 Å². The van der Waals surface area contributed by atoms with E-state index < -0.39 is 23.6 Å². The summed E-state index contributed by atoms with van der Waals surface area (Å²) in [5, 5.41) is 0. The average Bonchev–Trinajstić information content (AvgIpc) is 3.03. The lowest BCUT2D eigenvalue weighted by Crippen LogP contribution is -2.18. The van der Waals surface area contributed by atoms with E-state index in [1.807, 2.05) is 0 Å². The molecule has 0 radical (unpaired) electrons. The van der Waals surface area contributed by atoms with Crippen LogP contribution in [-0.2, 0) is 15.7 Å². The van der Waals surface area contributed by atoms with Gasteiger partial charge in [0.05, 0.1) is 18.6 Å². The van der Waals surface area contributed by atoms with E-state index in [0.717, 1.165) is 43.5 Å². The largest absolute Gasteiger partial charge is 0.469 e. The highest BCUT2D eigenvalue weighted by Gasteiger charge is 2.35. The fourth-order valence-corrected chi connectivity index (χ4v) is 3.85. The fraction of sp³-hybridized carbons (Fsp3) is 0.588. The third kappa shape index (κ3) is 4.43. The highest BCUT2D eigenvalue weighted by atomic mass is 32.2. The molecule has 0 aromatic heterocycles. The molecule has 0 N–H and O–H groups in total. The van der Waals surface area contributed by atoms with Crippen molar-refractivity contribution in [2.45, 2.75) is 49.1 Å². The molecule has 1 atom stereocenters. The third-order valence-corrected chi connectivity index (χ3v) is 5.26. The first-order chi connectivity index (χ1) is 10.9. The standard InChI is InChI=1S/C17H21F3O2S/c1-22-16(21)13(9-11-5-3-4-6-11)12-7-8-15(23-2)14(10-12)17(18,19)20/h7-8,10-11,13H,3-6,9H2,1-2H3. The molecule has 0 heterocycles. The summed E-state index contributed by atoms with van der Waals surface area (Å²) in [5.41, 5.74) is -0.281. The van der Waals surface area contributed by atoms with Crippen molar-refractivity contribution < 1.29 is 22.7 Å². The first-order valence-corrected chi connectivity index (χ1v) is 8.92. The third-order valence-electron chi connectivity index (χ3n) is 4.46. The Kier molecular flexibility index (Phi) is 6.00. The lowest BCUT2D eigenvalue weighted by molar-refractivity contribution is -0.143. The second kappa shape index (κ2) is 7.60. The van der Waals surface area contributed by atoms with Crippen molar-refractivity contribution in [2.24, 2.45) is 5.92 Å². The summed E-state index contributed by atoms with van der Waals surface area (Å²) in [6.45, 7) is 0. The number of hydrogen-bond donors (Lipinski definition) is 0. The molecule has 1 saturated carbocycles. The molecule has 0 aliphatic heterocycles. The van der Waals surface area contributed by atoms with Crippen LogP contribution in [0.2, 0.25) is 0 Å². The van der Waals surface area contributed by atoms with E-state index in [-0.39, 0.29) is 4.90 Å². The van der Waals surface area contributed by atoms with Crippen molar-refractivity contribution in [2.75, 3.05) is 13.4 Å². The second-order valence-electron chi connectivity index (χ2n) is 5.92. The first-order valence-electron chi connectivity index (χ1n) is 7.69. The molecule has 128 valence electrons. The molecule has 1 aromatic rings. The van der Waals surface area contributed by atoms with Gasteiger partial charge in [-0.2, -0.15) is 13.2 Å². The quantitative estimate of drug-likeness (QED) is 0.537. The molecule has 0 bridgehead atoms. The molecule has 1 aromatic carbocycles. The number of benzene rings is 1. The number of thioether (sulfide) groups is 1. The van der Waals surface area contributed by atoms with Crippen LogP contribution in [0.4, 0.5) is 13.2 Å². The van der Waals surface area contributed by atoms with Gasteiger partial charge in [-0.1, -0.05) is 31.7 Å². The Labute approximate surface area is 138 Å². The van der Waals surface area contributed by atoms with Gasteiger partial charge < -0.3 is 4.74 Å². The van der Waals surface area contributed by atoms with E-state index in [9.17, 15) is 18.0 Å². The van der Waals surface area contributed by atoms with Crippen LogP contribution in [0, 0.1) is 5.92 Å². The molecule has 0 saturated heterocycles. The summed E-state index contributed by atoms with van der Waals surface area (Å²) >= 11 is 1.05. The van der Waals surface area contributed by atoms with Gasteiger partial charge >= 0.3 is 12.1 Å². The number of hydrogen-bond acceptors (Lipinski definition) is 3. The molecular formula is C17H21F3O2S. The van der Waals surface area contributed by atoms with Crippen molar-refractivity contribution in [1.29, 1.82) is 0 Å². The van der Waals surface area contributed by atoms with Crippen LogP contribution in [0.3, 0.4) is 0 Å². The smallest absolute Gasteiger partial charge is 0.417 e. The lowest BCUT2D eigenvalue weighted by atomic mass is 9.87. The van der Waals surface area contributed by atoms with Crippen LogP contribution in [0.1, 0.15) is 49.1 Å². The number of alkyl halides is 3. The minimum Gasteiger partial charge on any atom is -0.469 e. The summed E-state index contributed by atoms with van der Waals surface area (Å²) in [6.07, 6.45) is 2.05. The van der Waals surface area contributed by atoms with Crippen LogP contribution < -0.4 is 0 Å². The number of carbonyl (C=O) groups excluding carboxylic acids is 1. The van der Waals surface area contributed by atoms with Crippen molar-refractivity contribution in [1.82, 2.24) is 0 Å². The zero-order valence-electron chi connectivity index (χ0n) is 13.3. The van der Waals surface area contributed by atoms with Crippen molar-refractivity contribution in [3.8, 4) is 0 Å². The normalized spacial score (nSPS) is 17.3. The van der Waals surface area contributed by atoms with Gasteiger partial charge in [0.2, 0.25) is 0 Å². The summed E-state index contributed by atoms with van der Waals surface area (Å²) in [5.74, 6) is -0.698. The summed E-state index contributed by atoms with van der Waals surface area (Å²) in [4.78, 5) is 12.3. The van der Waals surface area contributed by atoms with Gasteiger partial charge in [0.25, 0.3) is 0 Å². The molecule has 1 aliphatic carbocycles. The van der Waals surface area contributed by atoms with Gasteiger partial charge in [0.1, 0.15) is 0 Å². The molecule has 23 heavy (non-hydrogen) atoms. The minimum absolute atomic E-state index is 0.172. The van der Waals surface area contributed by atoms with Crippen LogP contribution >= 0.6 is 11.8 Å². The molecular weight excluding hydrogens is 325 g/mol. The van der Waals surface area contributed by atoms with Crippen molar-refractivity contribution in [3.05, 3.63) is 29.3 Å². The number of ether oxygens (including phenoxy) is 1. The number of halogens is 3. The number of esters is 1. The van der Waals surface area contributed by atoms with E-state index >= 15 is 0 Å². The summed E-state index contributed by atoms with van der Waals surface area (Å²) in [7, 11) is 1.28. The maximum Gasteiger partial charge on any atom is 0.417 e. The van der Waals surface area contributed by atoms with E-state index in [1.165, 1.54) is 13.2 Å². The van der Waals surface area contributed by atoms with Gasteiger partial charge in [-0.05, 0) is 36.3 Å². The summed E-state index contributed by atoms with van der Waals surface area (Å²) in [6, 6.07) is 4.19. The predicted octanol–water partition coefficient (Wildman–Crippen LogP) is 5.26. The number of rotatable bonds is 5. The number of methoxy groups -OCH3 is 1. The molecule has 2 nitrogen and oxygen atoms in total. The first kappa shape index (κ1) is 18.2. The van der Waals surface area contributed by atoms with Crippen molar-refractivity contribution in [3.63, 3.8) is 0 Å². The fourth-order valence-electron chi connectivity index (χ4n) is 3.25.